The summed E-state index contributed by atoms with van der Waals surface area (Å²) in [6, 6.07) is 18.5. The van der Waals surface area contributed by atoms with E-state index in [4.69, 9.17) is 11.5 Å². The lowest BCUT2D eigenvalue weighted by atomic mass is 9.89. The number of halogens is 6. The van der Waals surface area contributed by atoms with Crippen LogP contribution in [0.1, 0.15) is 61.0 Å². The van der Waals surface area contributed by atoms with Crippen LogP contribution in [0.15, 0.2) is 131 Å². The summed E-state index contributed by atoms with van der Waals surface area (Å²) in [5.41, 5.74) is 15.3. The van der Waals surface area contributed by atoms with Crippen molar-refractivity contribution in [1.82, 2.24) is 40.9 Å². The number of carbonyl (C=O) groups excluding carboxylic acids is 5. The average molecular weight is 1140 g/mol. The predicted molar refractivity (Wildman–Crippen MR) is 298 cm³/mol. The second-order valence-corrected chi connectivity index (χ2v) is 21.7. The number of urea groups is 2. The van der Waals surface area contributed by atoms with E-state index in [2.05, 4.69) is 26.2 Å². The molecule has 1 aliphatic carbocycles. The van der Waals surface area contributed by atoms with E-state index in [0.29, 0.717) is 86.1 Å². The molecule has 436 valence electrons. The Balaban J connectivity index is 0.950. The summed E-state index contributed by atoms with van der Waals surface area (Å²) in [5.74, 6) is -1.69. The number of amides is 7. The third kappa shape index (κ3) is 12.8. The van der Waals surface area contributed by atoms with Crippen LogP contribution >= 0.6 is 0 Å². The number of likely N-dealkylation sites (N-methyl/N-ethyl adjacent to an activating group) is 1. The Morgan fingerprint density at radius 1 is 0.610 bits per heavy atom. The van der Waals surface area contributed by atoms with E-state index < -0.39 is 78.4 Å². The van der Waals surface area contributed by atoms with Crippen molar-refractivity contribution >= 4 is 52.5 Å². The minimum atomic E-state index is -4.76. The maximum absolute atomic E-state index is 15.1. The Kier molecular flexibility index (Phi) is 17.0. The maximum Gasteiger partial charge on any atom is 0.416 e. The number of rotatable bonds is 16. The fourth-order valence-corrected chi connectivity index (χ4v) is 11.0. The van der Waals surface area contributed by atoms with Crippen LogP contribution < -0.4 is 42.5 Å². The summed E-state index contributed by atoms with van der Waals surface area (Å²) in [5, 5.41) is 12.4. The van der Waals surface area contributed by atoms with E-state index >= 15 is 4.79 Å². The van der Waals surface area contributed by atoms with Gasteiger partial charge in [0.2, 0.25) is 11.8 Å². The highest BCUT2D eigenvalue weighted by Crippen LogP contribution is 2.49. The zero-order valence-corrected chi connectivity index (χ0v) is 46.1. The number of benzene rings is 4. The van der Waals surface area contributed by atoms with Crippen LogP contribution in [-0.4, -0.2) is 153 Å². The summed E-state index contributed by atoms with van der Waals surface area (Å²) in [6.07, 6.45) is -7.89. The number of anilines is 4. The number of quaternary nitrogens is 1. The monoisotopic (exact) mass is 1140 g/mol. The number of nitrogens with one attached hydrogen (secondary N) is 4. The van der Waals surface area contributed by atoms with Gasteiger partial charge in [0, 0.05) is 86.4 Å². The van der Waals surface area contributed by atoms with Gasteiger partial charge in [0.05, 0.1) is 67.3 Å². The van der Waals surface area contributed by atoms with Crippen LogP contribution in [0.25, 0.3) is 0 Å². The Morgan fingerprint density at radius 2 is 1.04 bits per heavy atom. The first kappa shape index (κ1) is 58.6. The first-order chi connectivity index (χ1) is 38.9. The predicted octanol–water partition coefficient (Wildman–Crippen LogP) is 6.75. The van der Waals surface area contributed by atoms with Crippen molar-refractivity contribution in [3.8, 4) is 0 Å². The molecule has 0 aromatic heterocycles. The van der Waals surface area contributed by atoms with Gasteiger partial charge in [-0.2, -0.15) is 26.3 Å². The van der Waals surface area contributed by atoms with Crippen LogP contribution in [0.4, 0.5) is 58.7 Å². The number of nitrogens with two attached hydrogens (primary N) is 2. The maximum atomic E-state index is 15.1. The Labute approximate surface area is 471 Å². The summed E-state index contributed by atoms with van der Waals surface area (Å²) in [4.78, 5) is 81.9. The Bertz CT molecular complexity index is 3180. The molecule has 1 saturated carbocycles. The highest BCUT2D eigenvalue weighted by molar-refractivity contribution is 6.06. The average Bonchev–Trinajstić information content (AvgIpc) is 4.32. The topological polar surface area (TPSA) is 205 Å². The first-order valence-corrected chi connectivity index (χ1v) is 27.1. The number of nitrogens with zero attached hydrogens (tertiary/aromatic N) is 7. The lowest BCUT2D eigenvalue weighted by molar-refractivity contribution is -0.890. The molecule has 8 N–H and O–H groups in total. The second-order valence-electron chi connectivity index (χ2n) is 21.7. The number of alkyl halides is 6. The summed E-state index contributed by atoms with van der Waals surface area (Å²) in [7, 11) is 3.56. The van der Waals surface area contributed by atoms with E-state index in [1.54, 1.807) is 74.4 Å². The summed E-state index contributed by atoms with van der Waals surface area (Å²) < 4.78 is 85.2. The molecule has 24 heteroatoms. The number of hydrogen-bond acceptors (Lipinski definition) is 10. The van der Waals surface area contributed by atoms with Gasteiger partial charge in [-0.25, -0.2) is 9.59 Å². The molecule has 3 fully saturated rings. The van der Waals surface area contributed by atoms with Gasteiger partial charge in [-0.3, -0.25) is 24.2 Å². The van der Waals surface area contributed by atoms with Crippen molar-refractivity contribution in [3.05, 3.63) is 153 Å². The molecule has 4 heterocycles. The molecule has 18 nitrogen and oxygen atoms in total. The largest absolute Gasteiger partial charge is 0.416 e. The molecule has 5 aliphatic rings. The van der Waals surface area contributed by atoms with Crippen molar-refractivity contribution in [2.45, 2.75) is 51.1 Å². The van der Waals surface area contributed by atoms with Gasteiger partial charge in [0.1, 0.15) is 13.1 Å². The number of carbonyl (C=O) groups is 5. The molecule has 7 amide bonds. The van der Waals surface area contributed by atoms with Gasteiger partial charge >= 0.3 is 24.4 Å². The zero-order valence-electron chi connectivity index (χ0n) is 46.1. The molecule has 9 rings (SSSR count). The molecule has 4 aromatic rings. The number of piperazine rings is 2. The fraction of sp³-hybridized carbons (Fsp3) is 0.397. The highest BCUT2D eigenvalue weighted by Gasteiger charge is 2.47. The molecule has 0 spiro atoms. The van der Waals surface area contributed by atoms with E-state index in [1.165, 1.54) is 34.9 Å². The van der Waals surface area contributed by atoms with Gasteiger partial charge in [-0.05, 0) is 104 Å². The molecule has 2 saturated heterocycles. The van der Waals surface area contributed by atoms with Crippen LogP contribution in [0.3, 0.4) is 0 Å². The minimum Gasteiger partial charge on any atom is -0.399 e. The van der Waals surface area contributed by atoms with Gasteiger partial charge in [-0.15, -0.1) is 0 Å². The molecule has 0 bridgehead atoms. The summed E-state index contributed by atoms with van der Waals surface area (Å²) in [6.45, 7) is 6.50. The normalized spacial score (nSPS) is 19.3. The van der Waals surface area contributed by atoms with Gasteiger partial charge < -0.3 is 56.8 Å². The van der Waals surface area contributed by atoms with E-state index in [0.717, 1.165) is 64.2 Å². The quantitative estimate of drug-likeness (QED) is 0.0301. The van der Waals surface area contributed by atoms with Gasteiger partial charge in [0.15, 0.2) is 6.67 Å². The van der Waals surface area contributed by atoms with Crippen LogP contribution in [-0.2, 0) is 26.7 Å². The highest BCUT2D eigenvalue weighted by atomic mass is 19.4. The van der Waals surface area contributed by atoms with Crippen LogP contribution in [0.2, 0.25) is 0 Å². The van der Waals surface area contributed by atoms with Crippen molar-refractivity contribution in [2.75, 3.05) is 121 Å². The second kappa shape index (κ2) is 23.8. The van der Waals surface area contributed by atoms with Crippen molar-refractivity contribution in [3.63, 3.8) is 0 Å². The number of allylic oxidation sites excluding steroid dienone is 3. The fourth-order valence-electron chi connectivity index (χ4n) is 11.0. The van der Waals surface area contributed by atoms with E-state index in [1.807, 2.05) is 0 Å². The molecular formula is C58H68F6N13O5+. The van der Waals surface area contributed by atoms with Crippen molar-refractivity contribution < 1.29 is 54.8 Å². The molecule has 4 aromatic carbocycles. The van der Waals surface area contributed by atoms with Crippen molar-refractivity contribution in [2.24, 2.45) is 0 Å². The molecule has 0 radical (unpaired) electrons. The Morgan fingerprint density at radius 3 is 1.49 bits per heavy atom. The van der Waals surface area contributed by atoms with E-state index in [9.17, 15) is 45.5 Å². The molecular weight excluding hydrogens is 1070 g/mol. The zero-order chi connectivity index (χ0) is 58.8. The number of nitrogen functional groups attached to an aromatic ring is 2. The SMILES string of the molecule is CC1=C(C(=O)N2CCNCC2)[C@@H](c2ccc(N)cc2)N(CC(=O)NC[N+](C)(C)CCNC(=O)CN2C(=O)N(c3cccc(C(F)(F)F)c3)C(C)=C(C(=C3CC3)N3CCNCC3)[C@H]2c2ccc(N)cc2)C(=O)N1c1cccc(C(F)(F)F)c1. The molecule has 0 unspecified atom stereocenters. The van der Waals surface area contributed by atoms with Gasteiger partial charge in [-0.1, -0.05) is 36.4 Å². The third-order valence-electron chi connectivity index (χ3n) is 15.4. The lowest BCUT2D eigenvalue weighted by Gasteiger charge is -2.46. The van der Waals surface area contributed by atoms with Crippen molar-refractivity contribution in [1.29, 1.82) is 0 Å². The standard InChI is InChI=1S/C58H67F6N13O5/c1-36-49(51(38-11-12-38)71-26-21-67-22-27-71)52(39-13-17-43(65)18-14-39)73(55(81)75(36)45-9-5-7-41(31-45)57(59,60)61)33-47(78)69-25-30-77(3,4)35-70-48(79)34-74-53(40-15-19-44(66)20-16-40)50(54(80)72-28-23-68-24-29-72)37(2)76(56(74)82)46-10-6-8-42(32-46)58(62,63)64/h5-10,13-20,31-32,52-53,67-68H,11-12,21-30,33-35,65-66H2,1-4H3,(H-,69,70,78,79)/p+1/t52-,53-/m1/s1. The lowest BCUT2D eigenvalue weighted by Crippen LogP contribution is -2.57. The summed E-state index contributed by atoms with van der Waals surface area (Å²) >= 11 is 0. The molecule has 82 heavy (non-hydrogen) atoms. The number of hydrogen-bond donors (Lipinski definition) is 6. The Hall–Kier alpha value is -8.09. The third-order valence-corrected chi connectivity index (χ3v) is 15.4. The van der Waals surface area contributed by atoms with E-state index in [-0.39, 0.29) is 46.9 Å². The smallest absolute Gasteiger partial charge is 0.399 e. The van der Waals surface area contributed by atoms with Crippen LogP contribution in [0.5, 0.6) is 0 Å². The van der Waals surface area contributed by atoms with Gasteiger partial charge in [0.25, 0.3) is 5.91 Å². The van der Waals surface area contributed by atoms with Crippen LogP contribution in [0, 0.1) is 0 Å². The molecule has 2 atom stereocenters. The first-order valence-electron chi connectivity index (χ1n) is 27.1. The molecule has 4 aliphatic heterocycles. The minimum absolute atomic E-state index is 0.0215.